The summed E-state index contributed by atoms with van der Waals surface area (Å²) in [4.78, 5) is 26.4. The number of benzene rings is 4. The van der Waals surface area contributed by atoms with E-state index in [-0.39, 0.29) is 0 Å². The zero-order valence-corrected chi connectivity index (χ0v) is 21.8. The quantitative estimate of drug-likeness (QED) is 0.235. The Labute approximate surface area is 224 Å². The van der Waals surface area contributed by atoms with E-state index in [9.17, 15) is 9.59 Å². The second kappa shape index (κ2) is 11.4. The Balaban J connectivity index is 0.000000181. The highest BCUT2D eigenvalue weighted by molar-refractivity contribution is 6.30. The lowest BCUT2D eigenvalue weighted by molar-refractivity contribution is -0.139. The van der Waals surface area contributed by atoms with Crippen molar-refractivity contribution in [2.24, 2.45) is 0 Å². The van der Waals surface area contributed by atoms with Crippen molar-refractivity contribution in [2.45, 2.75) is 25.7 Å². The maximum Gasteiger partial charge on any atom is 0.310 e. The van der Waals surface area contributed by atoms with Crippen molar-refractivity contribution in [1.82, 2.24) is 4.98 Å². The molecule has 0 spiro atoms. The maximum absolute atomic E-state index is 11.0. The van der Waals surface area contributed by atoms with Gasteiger partial charge in [-0.2, -0.15) is 0 Å². The summed E-state index contributed by atoms with van der Waals surface area (Å²) >= 11 is 5.86. The van der Waals surface area contributed by atoms with Crippen LogP contribution in [0, 0.1) is 0 Å². The van der Waals surface area contributed by atoms with E-state index < -0.39 is 23.8 Å². The Morgan fingerprint density at radius 2 is 1.39 bits per heavy atom. The molecule has 0 saturated carbocycles. The van der Waals surface area contributed by atoms with Crippen LogP contribution in [0.15, 0.2) is 83.3 Å². The molecule has 1 heterocycles. The summed E-state index contributed by atoms with van der Waals surface area (Å²) in [5.74, 6) is -1.45. The topological polar surface area (TPSA) is 110 Å². The molecule has 0 aliphatic rings. The molecule has 1 aromatic heterocycles. The highest BCUT2D eigenvalue weighted by Crippen LogP contribution is 2.28. The molecule has 38 heavy (non-hydrogen) atoms. The summed E-state index contributed by atoms with van der Waals surface area (Å²) in [5.41, 5.74) is 3.61. The van der Waals surface area contributed by atoms with Crippen molar-refractivity contribution in [1.29, 1.82) is 0 Å². The maximum atomic E-state index is 11.0. The van der Waals surface area contributed by atoms with Gasteiger partial charge in [0.05, 0.1) is 18.9 Å². The monoisotopic (exact) mass is 531 g/mol. The number of methoxy groups -OCH3 is 1. The van der Waals surface area contributed by atoms with Crippen molar-refractivity contribution in [2.75, 3.05) is 7.11 Å². The van der Waals surface area contributed by atoms with Gasteiger partial charge in [0.1, 0.15) is 11.3 Å². The summed E-state index contributed by atoms with van der Waals surface area (Å²) in [6.07, 6.45) is 0. The van der Waals surface area contributed by atoms with E-state index in [2.05, 4.69) is 4.98 Å². The highest BCUT2D eigenvalue weighted by atomic mass is 35.5. The molecule has 4 aromatic carbocycles. The number of rotatable bonds is 6. The average molecular weight is 532 g/mol. The van der Waals surface area contributed by atoms with Gasteiger partial charge in [-0.1, -0.05) is 41.9 Å². The van der Waals surface area contributed by atoms with Crippen molar-refractivity contribution in [3.63, 3.8) is 0 Å². The second-order valence-electron chi connectivity index (χ2n) is 8.85. The van der Waals surface area contributed by atoms with E-state index in [0.29, 0.717) is 27.6 Å². The first kappa shape index (κ1) is 26.7. The fraction of sp³-hybridized carbons (Fsp3) is 0.167. The fourth-order valence-electron chi connectivity index (χ4n) is 3.85. The van der Waals surface area contributed by atoms with Crippen LogP contribution in [0.3, 0.4) is 0 Å². The third-order valence-electron chi connectivity index (χ3n) is 6.32. The molecule has 0 saturated heterocycles. The Bertz CT molecular complexity index is 1610. The molecular weight excluding hydrogens is 506 g/mol. The summed E-state index contributed by atoms with van der Waals surface area (Å²) in [6, 6.07) is 23.9. The third-order valence-corrected chi connectivity index (χ3v) is 6.57. The van der Waals surface area contributed by atoms with Crippen LogP contribution in [-0.4, -0.2) is 34.2 Å². The van der Waals surface area contributed by atoms with E-state index in [4.69, 9.17) is 31.0 Å². The number of ether oxygens (including phenoxy) is 1. The van der Waals surface area contributed by atoms with Crippen molar-refractivity contribution in [3.05, 3.63) is 95.0 Å². The largest absolute Gasteiger partial charge is 0.497 e. The minimum Gasteiger partial charge on any atom is -0.497 e. The van der Waals surface area contributed by atoms with Gasteiger partial charge in [0.25, 0.3) is 0 Å². The molecular formula is C30H26ClNO6. The van der Waals surface area contributed by atoms with Crippen molar-refractivity contribution in [3.8, 4) is 17.2 Å². The Hall–Kier alpha value is -4.36. The van der Waals surface area contributed by atoms with E-state index in [1.54, 1.807) is 51.3 Å². The number of hydrogen-bond acceptors (Lipinski definition) is 5. The number of oxazole rings is 1. The number of fused-ring (bicyclic) bond motifs is 2. The van der Waals surface area contributed by atoms with E-state index in [0.717, 1.165) is 27.6 Å². The smallest absolute Gasteiger partial charge is 0.310 e. The predicted molar refractivity (Wildman–Crippen MR) is 147 cm³/mol. The molecule has 2 atom stereocenters. The van der Waals surface area contributed by atoms with Gasteiger partial charge in [-0.3, -0.25) is 9.59 Å². The number of carbonyl (C=O) groups is 2. The molecule has 0 aliphatic carbocycles. The molecule has 5 aromatic rings. The number of aromatic nitrogens is 1. The highest BCUT2D eigenvalue weighted by Gasteiger charge is 2.16. The van der Waals surface area contributed by atoms with Gasteiger partial charge >= 0.3 is 11.9 Å². The zero-order chi connectivity index (χ0) is 27.4. The normalized spacial score (nSPS) is 12.4. The molecule has 8 heteroatoms. The zero-order valence-electron chi connectivity index (χ0n) is 21.0. The molecule has 5 rings (SSSR count). The average Bonchev–Trinajstić information content (AvgIpc) is 3.35. The molecule has 0 fully saturated rings. The molecule has 194 valence electrons. The van der Waals surface area contributed by atoms with Crippen LogP contribution < -0.4 is 4.74 Å². The first-order valence-corrected chi connectivity index (χ1v) is 12.2. The van der Waals surface area contributed by atoms with Gasteiger partial charge in [0.15, 0.2) is 5.58 Å². The van der Waals surface area contributed by atoms with Crippen LogP contribution in [0.25, 0.3) is 33.3 Å². The van der Waals surface area contributed by atoms with Crippen LogP contribution in [-0.2, 0) is 9.59 Å². The van der Waals surface area contributed by atoms with Gasteiger partial charge in [-0.05, 0) is 84.3 Å². The van der Waals surface area contributed by atoms with Crippen LogP contribution in [0.4, 0.5) is 0 Å². The van der Waals surface area contributed by atoms with Crippen LogP contribution in [0.1, 0.15) is 36.8 Å². The van der Waals surface area contributed by atoms with E-state index >= 15 is 0 Å². The number of halogens is 1. The first-order chi connectivity index (χ1) is 18.2. The van der Waals surface area contributed by atoms with Gasteiger partial charge in [-0.15, -0.1) is 0 Å². The van der Waals surface area contributed by atoms with Crippen LogP contribution in [0.2, 0.25) is 5.02 Å². The summed E-state index contributed by atoms with van der Waals surface area (Å²) in [6.45, 7) is 3.33. The standard InChI is InChI=1S/C16H12ClNO3.C14H14O3/c1-9(16(19)20)11-4-7-14-13(8-11)18-15(21-14)10-2-5-12(17)6-3-10;1-9(14(15)16)10-3-4-12-8-13(17-2)6-5-11(12)7-10/h2-9H,1H3,(H,19,20);3-9H,1-2H3,(H,15,16)/t;9-/m.0/s1. The Kier molecular flexibility index (Phi) is 7.98. The predicted octanol–water partition coefficient (Wildman–Crippen LogP) is 7.37. The molecule has 1 unspecified atom stereocenters. The van der Waals surface area contributed by atoms with E-state index in [1.807, 2.05) is 48.5 Å². The third kappa shape index (κ3) is 5.95. The van der Waals surface area contributed by atoms with Gasteiger partial charge in [-0.25, -0.2) is 4.98 Å². The molecule has 7 nitrogen and oxygen atoms in total. The second-order valence-corrected chi connectivity index (χ2v) is 9.28. The molecule has 0 amide bonds. The van der Waals surface area contributed by atoms with Gasteiger partial charge in [0.2, 0.25) is 5.89 Å². The van der Waals surface area contributed by atoms with Gasteiger partial charge in [0, 0.05) is 10.6 Å². The lowest BCUT2D eigenvalue weighted by Crippen LogP contribution is -2.06. The molecule has 0 aliphatic heterocycles. The number of hydrogen-bond donors (Lipinski definition) is 2. The Morgan fingerprint density at radius 1 is 0.816 bits per heavy atom. The first-order valence-electron chi connectivity index (χ1n) is 11.9. The minimum atomic E-state index is -0.865. The number of nitrogens with zero attached hydrogens (tertiary/aromatic N) is 1. The lowest BCUT2D eigenvalue weighted by atomic mass is 9.98. The molecule has 2 N–H and O–H groups in total. The Morgan fingerprint density at radius 3 is 2.03 bits per heavy atom. The molecule has 0 radical (unpaired) electrons. The van der Waals surface area contributed by atoms with Crippen molar-refractivity contribution >= 4 is 45.4 Å². The fourth-order valence-corrected chi connectivity index (χ4v) is 3.98. The number of aliphatic carboxylic acids is 2. The summed E-state index contributed by atoms with van der Waals surface area (Å²) in [7, 11) is 1.63. The lowest BCUT2D eigenvalue weighted by Gasteiger charge is -2.08. The van der Waals surface area contributed by atoms with Crippen LogP contribution in [0.5, 0.6) is 5.75 Å². The minimum absolute atomic E-state index is 0.485. The van der Waals surface area contributed by atoms with Crippen molar-refractivity contribution < 1.29 is 29.0 Å². The SMILES string of the molecule is CC(C(=O)O)c1ccc2oc(-c3ccc(Cl)cc3)nc2c1.COc1ccc2cc([C@H](C)C(=O)O)ccc2c1. The summed E-state index contributed by atoms with van der Waals surface area (Å²) < 4.78 is 10.8. The molecule has 0 bridgehead atoms. The van der Waals surface area contributed by atoms with E-state index in [1.165, 1.54) is 0 Å². The number of carboxylic acids is 2. The van der Waals surface area contributed by atoms with Gasteiger partial charge < -0.3 is 19.4 Å². The summed E-state index contributed by atoms with van der Waals surface area (Å²) in [5, 5.41) is 20.7. The van der Waals surface area contributed by atoms with Crippen LogP contribution >= 0.6 is 11.6 Å². The number of carboxylic acid groups (broad SMARTS) is 2.